The molecule has 16 heavy (non-hydrogen) atoms. The fourth-order valence-corrected chi connectivity index (χ4v) is 1.64. The Labute approximate surface area is 101 Å². The van der Waals surface area contributed by atoms with Crippen molar-refractivity contribution in [3.05, 3.63) is 28.7 Å². The second-order valence-electron chi connectivity index (χ2n) is 3.30. The molecule has 0 aliphatic rings. The van der Waals surface area contributed by atoms with Crippen molar-refractivity contribution in [1.82, 2.24) is 15.1 Å². The van der Waals surface area contributed by atoms with Crippen LogP contribution in [0.1, 0.15) is 25.3 Å². The number of hydrogen-bond acceptors (Lipinski definition) is 5. The van der Waals surface area contributed by atoms with Gasteiger partial charge in [-0.3, -0.25) is 4.98 Å². The van der Waals surface area contributed by atoms with Gasteiger partial charge in [0.25, 0.3) is 0 Å². The third kappa shape index (κ3) is 2.12. The molecule has 6 heteroatoms. The predicted molar refractivity (Wildman–Crippen MR) is 62.4 cm³/mol. The summed E-state index contributed by atoms with van der Waals surface area (Å²) in [5.74, 6) is 0.890. The summed E-state index contributed by atoms with van der Waals surface area (Å²) >= 11 is 3.38. The van der Waals surface area contributed by atoms with Gasteiger partial charge in [-0.2, -0.15) is 4.98 Å². The van der Waals surface area contributed by atoms with Gasteiger partial charge in [-0.1, -0.05) is 12.1 Å². The molecule has 5 nitrogen and oxygen atoms in total. The zero-order valence-corrected chi connectivity index (χ0v) is 10.3. The highest BCUT2D eigenvalue weighted by atomic mass is 79.9. The zero-order valence-electron chi connectivity index (χ0n) is 8.72. The molecule has 0 saturated heterocycles. The van der Waals surface area contributed by atoms with Crippen LogP contribution in [0.3, 0.4) is 0 Å². The van der Waals surface area contributed by atoms with Gasteiger partial charge < -0.3 is 10.3 Å². The molecule has 0 spiro atoms. The van der Waals surface area contributed by atoms with Gasteiger partial charge in [0.15, 0.2) is 0 Å². The van der Waals surface area contributed by atoms with E-state index in [-0.39, 0.29) is 6.04 Å². The van der Waals surface area contributed by atoms with Gasteiger partial charge in [-0.05, 0) is 34.5 Å². The molecule has 0 aliphatic carbocycles. The molecule has 84 valence electrons. The molecule has 2 N–H and O–H groups in total. The van der Waals surface area contributed by atoms with E-state index in [2.05, 4.69) is 31.1 Å². The topological polar surface area (TPSA) is 77.8 Å². The molecule has 2 heterocycles. The van der Waals surface area contributed by atoms with E-state index in [4.69, 9.17) is 10.3 Å². The maximum Gasteiger partial charge on any atom is 0.243 e. The summed E-state index contributed by atoms with van der Waals surface area (Å²) in [6, 6.07) is 3.48. The molecule has 0 fully saturated rings. The van der Waals surface area contributed by atoms with Crippen molar-refractivity contribution in [2.45, 2.75) is 19.4 Å². The standard InChI is InChI=1S/C10H11BrN4O/c1-2-7(12)10-14-9(15-16-10)8-6(11)4-3-5-13-8/h3-5,7H,2,12H2,1H3/t7-/m1/s1. The van der Waals surface area contributed by atoms with Gasteiger partial charge in [0.05, 0.1) is 6.04 Å². The van der Waals surface area contributed by atoms with Crippen molar-refractivity contribution < 1.29 is 4.52 Å². The predicted octanol–water partition coefficient (Wildman–Crippen LogP) is 2.30. The van der Waals surface area contributed by atoms with Crippen LogP contribution in [0.25, 0.3) is 11.5 Å². The van der Waals surface area contributed by atoms with Gasteiger partial charge in [-0.15, -0.1) is 0 Å². The Morgan fingerprint density at radius 1 is 1.56 bits per heavy atom. The van der Waals surface area contributed by atoms with E-state index in [1.54, 1.807) is 6.20 Å². The van der Waals surface area contributed by atoms with Crippen molar-refractivity contribution in [3.8, 4) is 11.5 Å². The van der Waals surface area contributed by atoms with E-state index >= 15 is 0 Å². The number of hydrogen-bond donors (Lipinski definition) is 1. The van der Waals surface area contributed by atoms with E-state index < -0.39 is 0 Å². The third-order valence-corrected chi connectivity index (χ3v) is 2.81. The summed E-state index contributed by atoms with van der Waals surface area (Å²) < 4.78 is 5.91. The highest BCUT2D eigenvalue weighted by Crippen LogP contribution is 2.24. The first-order chi connectivity index (χ1) is 7.72. The van der Waals surface area contributed by atoms with Crippen LogP contribution in [0.15, 0.2) is 27.3 Å². The Morgan fingerprint density at radius 2 is 2.38 bits per heavy atom. The first-order valence-corrected chi connectivity index (χ1v) is 5.71. The van der Waals surface area contributed by atoms with Gasteiger partial charge in [0.1, 0.15) is 5.69 Å². The minimum Gasteiger partial charge on any atom is -0.337 e. The lowest BCUT2D eigenvalue weighted by molar-refractivity contribution is 0.352. The van der Waals surface area contributed by atoms with Crippen molar-refractivity contribution >= 4 is 15.9 Å². The number of halogens is 1. The van der Waals surface area contributed by atoms with E-state index in [0.717, 1.165) is 10.9 Å². The Bertz CT molecular complexity index is 485. The van der Waals surface area contributed by atoms with E-state index in [0.29, 0.717) is 17.4 Å². The molecule has 2 aromatic heterocycles. The first-order valence-electron chi connectivity index (χ1n) is 4.92. The summed E-state index contributed by atoms with van der Waals surface area (Å²) in [7, 11) is 0. The van der Waals surface area contributed by atoms with Gasteiger partial charge in [0, 0.05) is 10.7 Å². The number of nitrogens with two attached hydrogens (primary N) is 1. The van der Waals surface area contributed by atoms with Crippen LogP contribution in [0, 0.1) is 0 Å². The van der Waals surface area contributed by atoms with Crippen LogP contribution in [0.5, 0.6) is 0 Å². The molecule has 2 rings (SSSR count). The van der Waals surface area contributed by atoms with Crippen molar-refractivity contribution in [2.75, 3.05) is 0 Å². The lowest BCUT2D eigenvalue weighted by Gasteiger charge is -1.99. The maximum atomic E-state index is 5.80. The summed E-state index contributed by atoms with van der Waals surface area (Å²) in [6.07, 6.45) is 2.43. The molecule has 0 aliphatic heterocycles. The molecule has 0 amide bonds. The van der Waals surface area contributed by atoms with E-state index in [9.17, 15) is 0 Å². The second-order valence-corrected chi connectivity index (χ2v) is 4.16. The molecule has 0 aromatic carbocycles. The summed E-state index contributed by atoms with van der Waals surface area (Å²) in [4.78, 5) is 8.39. The minimum atomic E-state index is -0.219. The van der Waals surface area contributed by atoms with Crippen LogP contribution in [-0.2, 0) is 0 Å². The van der Waals surface area contributed by atoms with Crippen LogP contribution in [0.2, 0.25) is 0 Å². The molecule has 0 bridgehead atoms. The highest BCUT2D eigenvalue weighted by Gasteiger charge is 2.16. The van der Waals surface area contributed by atoms with E-state index in [1.165, 1.54) is 0 Å². The van der Waals surface area contributed by atoms with E-state index in [1.807, 2.05) is 19.1 Å². The van der Waals surface area contributed by atoms with Crippen molar-refractivity contribution in [1.29, 1.82) is 0 Å². The molecule has 2 aromatic rings. The summed E-state index contributed by atoms with van der Waals surface area (Å²) in [5.41, 5.74) is 6.45. The van der Waals surface area contributed by atoms with Crippen LogP contribution >= 0.6 is 15.9 Å². The van der Waals surface area contributed by atoms with Crippen LogP contribution < -0.4 is 5.73 Å². The largest absolute Gasteiger partial charge is 0.337 e. The van der Waals surface area contributed by atoms with Crippen LogP contribution in [0.4, 0.5) is 0 Å². The Morgan fingerprint density at radius 3 is 3.06 bits per heavy atom. The second kappa shape index (κ2) is 4.71. The number of pyridine rings is 1. The smallest absolute Gasteiger partial charge is 0.243 e. The minimum absolute atomic E-state index is 0.219. The first kappa shape index (κ1) is 11.2. The Kier molecular flexibility index (Phi) is 3.31. The molecular weight excluding hydrogens is 272 g/mol. The molecule has 1 atom stereocenters. The Balaban J connectivity index is 2.35. The SMILES string of the molecule is CC[C@@H](N)c1nc(-c2ncccc2Br)no1. The third-order valence-electron chi connectivity index (χ3n) is 2.17. The summed E-state index contributed by atoms with van der Waals surface area (Å²) in [6.45, 7) is 1.96. The fraction of sp³-hybridized carbons (Fsp3) is 0.300. The zero-order chi connectivity index (χ0) is 11.5. The average Bonchev–Trinajstić information content (AvgIpc) is 2.78. The number of nitrogens with zero attached hydrogens (tertiary/aromatic N) is 3. The number of rotatable bonds is 3. The molecule has 0 radical (unpaired) electrons. The highest BCUT2D eigenvalue weighted by molar-refractivity contribution is 9.10. The number of aromatic nitrogens is 3. The van der Waals surface area contributed by atoms with Crippen molar-refractivity contribution in [2.24, 2.45) is 5.73 Å². The van der Waals surface area contributed by atoms with Gasteiger partial charge >= 0.3 is 0 Å². The lowest BCUT2D eigenvalue weighted by Crippen LogP contribution is -2.08. The monoisotopic (exact) mass is 282 g/mol. The normalized spacial score (nSPS) is 12.7. The fourth-order valence-electron chi connectivity index (χ4n) is 1.21. The molecule has 0 saturated carbocycles. The summed E-state index contributed by atoms with van der Waals surface area (Å²) in [5, 5.41) is 3.86. The quantitative estimate of drug-likeness (QED) is 0.935. The van der Waals surface area contributed by atoms with Crippen LogP contribution in [-0.4, -0.2) is 15.1 Å². The van der Waals surface area contributed by atoms with Crippen molar-refractivity contribution in [3.63, 3.8) is 0 Å². The lowest BCUT2D eigenvalue weighted by atomic mass is 10.2. The Hall–Kier alpha value is -1.27. The average molecular weight is 283 g/mol. The molecule has 0 unspecified atom stereocenters. The van der Waals surface area contributed by atoms with Gasteiger partial charge in [-0.25, -0.2) is 0 Å². The van der Waals surface area contributed by atoms with Gasteiger partial charge in [0.2, 0.25) is 11.7 Å². The maximum absolute atomic E-state index is 5.80. The molecular formula is C10H11BrN4O.